The molecule has 2 aromatic heterocycles. The second-order valence-electron chi connectivity index (χ2n) is 2.98. The van der Waals surface area contributed by atoms with E-state index >= 15 is 0 Å². The molecular formula is C10H9ClN2OS. The number of aryl methyl sites for hydroxylation is 1. The molecule has 0 bridgehead atoms. The van der Waals surface area contributed by atoms with Crippen molar-refractivity contribution in [2.45, 2.75) is 12.8 Å². The molecule has 0 atom stereocenters. The van der Waals surface area contributed by atoms with E-state index in [1.54, 1.807) is 6.20 Å². The fraction of sp³-hybridized carbons (Fsp3) is 0.200. The molecule has 0 amide bonds. The molecule has 15 heavy (non-hydrogen) atoms. The number of pyridine rings is 1. The number of halogens is 1. The number of hydrogen-bond donors (Lipinski definition) is 0. The molecule has 78 valence electrons. The molecule has 2 heterocycles. The van der Waals surface area contributed by atoms with Crippen molar-refractivity contribution in [2.75, 3.05) is 0 Å². The van der Waals surface area contributed by atoms with Crippen molar-refractivity contribution in [1.29, 1.82) is 0 Å². The van der Waals surface area contributed by atoms with Crippen LogP contribution in [0.3, 0.4) is 0 Å². The highest BCUT2D eigenvalue weighted by Crippen LogP contribution is 2.25. The van der Waals surface area contributed by atoms with E-state index in [1.165, 1.54) is 11.3 Å². The summed E-state index contributed by atoms with van der Waals surface area (Å²) in [6.07, 6.45) is 1.68. The van der Waals surface area contributed by atoms with Gasteiger partial charge >= 0.3 is 0 Å². The summed E-state index contributed by atoms with van der Waals surface area (Å²) >= 11 is 7.07. The van der Waals surface area contributed by atoms with Crippen LogP contribution in [0, 0.1) is 6.92 Å². The minimum atomic E-state index is 0.409. The Morgan fingerprint density at radius 2 is 2.33 bits per heavy atom. The average molecular weight is 241 g/mol. The predicted octanol–water partition coefficient (Wildman–Crippen LogP) is 3.38. The van der Waals surface area contributed by atoms with Crippen LogP contribution in [0.5, 0.6) is 10.9 Å². The van der Waals surface area contributed by atoms with Gasteiger partial charge in [0.2, 0.25) is 0 Å². The molecule has 3 nitrogen and oxygen atoms in total. The van der Waals surface area contributed by atoms with Gasteiger partial charge in [-0.25, -0.2) is 4.98 Å². The Balaban J connectivity index is 2.11. The number of alkyl halides is 1. The fourth-order valence-corrected chi connectivity index (χ4v) is 1.93. The lowest BCUT2D eigenvalue weighted by atomic mass is 10.4. The number of rotatable bonds is 3. The first-order chi connectivity index (χ1) is 7.28. The standard InChI is InChI=1S/C10H9ClN2OS/c1-7-2-3-9(5-12-7)14-10-13-8(4-11)6-15-10/h2-3,5-6H,4H2,1H3. The molecule has 0 aliphatic carbocycles. The monoisotopic (exact) mass is 240 g/mol. The van der Waals surface area contributed by atoms with Crippen molar-refractivity contribution >= 4 is 22.9 Å². The Bertz CT molecular complexity index is 441. The Hall–Kier alpha value is -1.13. The second-order valence-corrected chi connectivity index (χ2v) is 4.06. The second kappa shape index (κ2) is 4.59. The minimum absolute atomic E-state index is 0.409. The van der Waals surface area contributed by atoms with Crippen LogP contribution in [0.15, 0.2) is 23.7 Å². The average Bonchev–Trinajstić information content (AvgIpc) is 2.69. The highest BCUT2D eigenvalue weighted by molar-refractivity contribution is 7.11. The summed E-state index contributed by atoms with van der Waals surface area (Å²) in [6, 6.07) is 3.76. The number of thiazole rings is 1. The molecule has 0 aliphatic heterocycles. The van der Waals surface area contributed by atoms with Crippen LogP contribution in [0.25, 0.3) is 0 Å². The maximum absolute atomic E-state index is 5.64. The van der Waals surface area contributed by atoms with Crippen molar-refractivity contribution in [3.63, 3.8) is 0 Å². The zero-order valence-corrected chi connectivity index (χ0v) is 9.68. The van der Waals surface area contributed by atoms with Gasteiger partial charge in [-0.1, -0.05) is 11.3 Å². The van der Waals surface area contributed by atoms with E-state index in [9.17, 15) is 0 Å². The Morgan fingerprint density at radius 3 is 2.93 bits per heavy atom. The van der Waals surface area contributed by atoms with Gasteiger partial charge < -0.3 is 4.74 Å². The van der Waals surface area contributed by atoms with Crippen LogP contribution >= 0.6 is 22.9 Å². The first-order valence-corrected chi connectivity index (χ1v) is 5.80. The van der Waals surface area contributed by atoms with Crippen molar-refractivity contribution in [1.82, 2.24) is 9.97 Å². The van der Waals surface area contributed by atoms with Gasteiger partial charge in [0.05, 0.1) is 17.8 Å². The van der Waals surface area contributed by atoms with Crippen LogP contribution < -0.4 is 4.74 Å². The molecule has 0 aromatic carbocycles. The summed E-state index contributed by atoms with van der Waals surface area (Å²) in [5.74, 6) is 1.10. The van der Waals surface area contributed by atoms with Gasteiger partial charge in [-0.3, -0.25) is 4.98 Å². The first kappa shape index (κ1) is 10.4. The molecule has 0 aliphatic rings. The summed E-state index contributed by atoms with van der Waals surface area (Å²) in [5, 5.41) is 2.47. The number of nitrogens with zero attached hydrogens (tertiary/aromatic N) is 2. The van der Waals surface area contributed by atoms with Gasteiger partial charge in [0, 0.05) is 11.1 Å². The van der Waals surface area contributed by atoms with Gasteiger partial charge in [-0.05, 0) is 19.1 Å². The summed E-state index contributed by atoms with van der Waals surface area (Å²) in [7, 11) is 0. The lowest BCUT2D eigenvalue weighted by Crippen LogP contribution is -1.86. The summed E-state index contributed by atoms with van der Waals surface area (Å²) in [6.45, 7) is 1.93. The maximum Gasteiger partial charge on any atom is 0.278 e. The largest absolute Gasteiger partial charge is 0.429 e. The number of hydrogen-bond acceptors (Lipinski definition) is 4. The van der Waals surface area contributed by atoms with Gasteiger partial charge in [-0.2, -0.15) is 0 Å². The topological polar surface area (TPSA) is 35.0 Å². The third-order valence-electron chi connectivity index (χ3n) is 1.76. The normalized spacial score (nSPS) is 10.3. The van der Waals surface area contributed by atoms with Crippen molar-refractivity contribution < 1.29 is 4.74 Å². The molecule has 0 radical (unpaired) electrons. The van der Waals surface area contributed by atoms with E-state index in [2.05, 4.69) is 9.97 Å². The Morgan fingerprint density at radius 1 is 1.47 bits per heavy atom. The first-order valence-electron chi connectivity index (χ1n) is 4.39. The van der Waals surface area contributed by atoms with E-state index in [-0.39, 0.29) is 0 Å². The van der Waals surface area contributed by atoms with Crippen molar-refractivity contribution in [2.24, 2.45) is 0 Å². The van der Waals surface area contributed by atoms with E-state index in [0.29, 0.717) is 16.8 Å². The maximum atomic E-state index is 5.64. The molecule has 0 unspecified atom stereocenters. The van der Waals surface area contributed by atoms with Crippen molar-refractivity contribution in [3.05, 3.63) is 35.1 Å². The fourth-order valence-electron chi connectivity index (χ4n) is 1.01. The third-order valence-corrected chi connectivity index (χ3v) is 2.80. The van der Waals surface area contributed by atoms with E-state index in [4.69, 9.17) is 16.3 Å². The predicted molar refractivity (Wildman–Crippen MR) is 60.7 cm³/mol. The van der Waals surface area contributed by atoms with Crippen LogP contribution in [-0.4, -0.2) is 9.97 Å². The lowest BCUT2D eigenvalue weighted by Gasteiger charge is -2.00. The third kappa shape index (κ3) is 2.67. The highest BCUT2D eigenvalue weighted by atomic mass is 35.5. The van der Waals surface area contributed by atoms with Gasteiger partial charge in [0.15, 0.2) is 0 Å². The summed E-state index contributed by atoms with van der Waals surface area (Å²) in [5.41, 5.74) is 1.79. The summed E-state index contributed by atoms with van der Waals surface area (Å²) in [4.78, 5) is 8.31. The minimum Gasteiger partial charge on any atom is -0.429 e. The molecule has 0 N–H and O–H groups in total. The van der Waals surface area contributed by atoms with Gasteiger partial charge in [0.25, 0.3) is 5.19 Å². The lowest BCUT2D eigenvalue weighted by molar-refractivity contribution is 0.475. The highest BCUT2D eigenvalue weighted by Gasteiger charge is 2.03. The molecule has 0 fully saturated rings. The van der Waals surface area contributed by atoms with E-state index < -0.39 is 0 Å². The zero-order chi connectivity index (χ0) is 10.7. The van der Waals surface area contributed by atoms with Crippen LogP contribution in [-0.2, 0) is 5.88 Å². The van der Waals surface area contributed by atoms with E-state index in [0.717, 1.165) is 11.4 Å². The van der Waals surface area contributed by atoms with Crippen LogP contribution in [0.2, 0.25) is 0 Å². The molecule has 5 heteroatoms. The SMILES string of the molecule is Cc1ccc(Oc2nc(CCl)cs2)cn1. The van der Waals surface area contributed by atoms with Gasteiger partial charge in [-0.15, -0.1) is 11.6 Å². The Labute approximate surface area is 96.7 Å². The Kier molecular flexibility index (Phi) is 3.18. The van der Waals surface area contributed by atoms with Crippen LogP contribution in [0.1, 0.15) is 11.4 Å². The van der Waals surface area contributed by atoms with Gasteiger partial charge in [0.1, 0.15) is 5.75 Å². The number of aromatic nitrogens is 2. The quantitative estimate of drug-likeness (QED) is 0.772. The smallest absolute Gasteiger partial charge is 0.278 e. The molecule has 0 saturated heterocycles. The van der Waals surface area contributed by atoms with E-state index in [1.807, 2.05) is 24.4 Å². The molecule has 0 spiro atoms. The molecule has 2 aromatic rings. The molecule has 2 rings (SSSR count). The van der Waals surface area contributed by atoms with Crippen LogP contribution in [0.4, 0.5) is 0 Å². The van der Waals surface area contributed by atoms with Crippen molar-refractivity contribution in [3.8, 4) is 10.9 Å². The molecular weight excluding hydrogens is 232 g/mol. The summed E-state index contributed by atoms with van der Waals surface area (Å²) < 4.78 is 5.50. The number of ether oxygens (including phenoxy) is 1. The zero-order valence-electron chi connectivity index (χ0n) is 8.11. The molecule has 0 saturated carbocycles.